The fraction of sp³-hybridized carbons (Fsp3) is 0. The molecule has 0 aliphatic carbocycles. The highest BCUT2D eigenvalue weighted by Gasteiger charge is 2.00. The minimum atomic E-state index is -0.321. The first kappa shape index (κ1) is 6.71. The van der Waals surface area contributed by atoms with Crippen molar-refractivity contribution >= 4 is 17.0 Å². The van der Waals surface area contributed by atoms with Gasteiger partial charge in [-0.15, -0.1) is 0 Å². The Morgan fingerprint density at radius 1 is 1.50 bits per heavy atom. The molecule has 0 spiro atoms. The molecular weight excluding hydrogens is 158 g/mol. The van der Waals surface area contributed by atoms with Crippen LogP contribution in [0.2, 0.25) is 0 Å². The zero-order valence-electron chi connectivity index (χ0n) is 5.98. The molecule has 0 saturated heterocycles. The molecule has 0 atom stereocenters. The van der Waals surface area contributed by atoms with Gasteiger partial charge in [-0.1, -0.05) is 0 Å². The van der Waals surface area contributed by atoms with Gasteiger partial charge < -0.3 is 5.73 Å². The minimum Gasteiger partial charge on any atom is -0.369 e. The average molecular weight is 163 g/mol. The number of aromatic nitrogens is 4. The van der Waals surface area contributed by atoms with E-state index in [1.807, 2.05) is 0 Å². The zero-order valence-corrected chi connectivity index (χ0v) is 5.98. The van der Waals surface area contributed by atoms with Crippen molar-refractivity contribution in [2.45, 2.75) is 0 Å². The molecule has 2 rings (SSSR count). The van der Waals surface area contributed by atoms with Crippen molar-refractivity contribution in [2.24, 2.45) is 0 Å². The van der Waals surface area contributed by atoms with E-state index in [0.717, 1.165) is 0 Å². The lowest BCUT2D eigenvalue weighted by molar-refractivity contribution is 1.12. The summed E-state index contributed by atoms with van der Waals surface area (Å²) in [5.74, 6) is 0.0613. The smallest absolute Gasteiger partial charge is 0.263 e. The molecule has 0 bridgehead atoms. The second kappa shape index (κ2) is 2.26. The number of hydrogen-bond acceptors (Lipinski definition) is 5. The van der Waals surface area contributed by atoms with Crippen LogP contribution >= 0.6 is 0 Å². The van der Waals surface area contributed by atoms with Gasteiger partial charge in [0, 0.05) is 6.20 Å². The van der Waals surface area contributed by atoms with Crippen LogP contribution in [0.25, 0.3) is 11.0 Å². The summed E-state index contributed by atoms with van der Waals surface area (Å²) in [5, 5.41) is 0.340. The van der Waals surface area contributed by atoms with Crippen LogP contribution in [0, 0.1) is 0 Å². The predicted octanol–water partition coefficient (Wildman–Crippen LogP) is -0.705. The molecule has 6 heteroatoms. The summed E-state index contributed by atoms with van der Waals surface area (Å²) in [6.45, 7) is 0. The molecule has 0 fully saturated rings. The van der Waals surface area contributed by atoms with Gasteiger partial charge in [-0.2, -0.15) is 4.98 Å². The van der Waals surface area contributed by atoms with Gasteiger partial charge in [0.25, 0.3) is 5.56 Å². The number of nitrogens with zero attached hydrogens (tertiary/aromatic N) is 3. The number of anilines is 1. The molecule has 0 aromatic carbocycles. The van der Waals surface area contributed by atoms with Crippen LogP contribution in [-0.4, -0.2) is 19.9 Å². The van der Waals surface area contributed by atoms with Gasteiger partial charge in [0.15, 0.2) is 5.65 Å². The van der Waals surface area contributed by atoms with Crippen molar-refractivity contribution in [2.75, 3.05) is 5.73 Å². The van der Waals surface area contributed by atoms with Crippen LogP contribution in [-0.2, 0) is 0 Å². The predicted molar refractivity (Wildman–Crippen MR) is 42.4 cm³/mol. The van der Waals surface area contributed by atoms with Gasteiger partial charge in [0.05, 0.1) is 0 Å². The van der Waals surface area contributed by atoms with Crippen LogP contribution in [0.5, 0.6) is 0 Å². The van der Waals surface area contributed by atoms with Crippen LogP contribution in [0.1, 0.15) is 0 Å². The molecule has 0 unspecified atom stereocenters. The molecule has 2 aromatic rings. The summed E-state index contributed by atoms with van der Waals surface area (Å²) in [7, 11) is 0. The van der Waals surface area contributed by atoms with E-state index in [1.165, 1.54) is 12.5 Å². The summed E-state index contributed by atoms with van der Waals surface area (Å²) in [5.41, 5.74) is 5.29. The van der Waals surface area contributed by atoms with Gasteiger partial charge in [0.2, 0.25) is 5.95 Å². The molecular formula is C6H5N5O. The summed E-state index contributed by atoms with van der Waals surface area (Å²) in [6, 6.07) is 0. The van der Waals surface area contributed by atoms with E-state index in [-0.39, 0.29) is 11.5 Å². The van der Waals surface area contributed by atoms with Crippen molar-refractivity contribution in [3.63, 3.8) is 0 Å². The van der Waals surface area contributed by atoms with Gasteiger partial charge >= 0.3 is 0 Å². The molecule has 0 radical (unpaired) electrons. The largest absolute Gasteiger partial charge is 0.369 e. The van der Waals surface area contributed by atoms with Crippen molar-refractivity contribution < 1.29 is 0 Å². The summed E-state index contributed by atoms with van der Waals surface area (Å²) in [6.07, 6.45) is 2.71. The van der Waals surface area contributed by atoms with Gasteiger partial charge in [-0.25, -0.2) is 9.97 Å². The Kier molecular flexibility index (Phi) is 1.26. The lowest BCUT2D eigenvalue weighted by atomic mass is 10.4. The Morgan fingerprint density at radius 2 is 2.33 bits per heavy atom. The molecule has 2 aromatic heterocycles. The fourth-order valence-electron chi connectivity index (χ4n) is 0.898. The molecule has 12 heavy (non-hydrogen) atoms. The van der Waals surface area contributed by atoms with E-state index in [1.54, 1.807) is 0 Å². The number of nitrogens with two attached hydrogens (primary N) is 1. The summed E-state index contributed by atoms with van der Waals surface area (Å²) >= 11 is 0. The van der Waals surface area contributed by atoms with E-state index in [4.69, 9.17) is 5.73 Å². The maximum Gasteiger partial charge on any atom is 0.263 e. The number of nitrogen functional groups attached to an aromatic ring is 1. The number of hydrogen-bond donors (Lipinski definition) is 2. The normalized spacial score (nSPS) is 10.3. The number of aromatic amines is 1. The first-order valence-electron chi connectivity index (χ1n) is 3.23. The lowest BCUT2D eigenvalue weighted by Gasteiger charge is -1.94. The standard InChI is InChI=1S/C6H5N5O/c7-6-10-4-3(5(12)11-6)1-8-2-9-4/h1-2H,(H3,7,8,9,10,11,12). The Morgan fingerprint density at radius 3 is 3.17 bits per heavy atom. The van der Waals surface area contributed by atoms with Crippen molar-refractivity contribution in [1.82, 2.24) is 19.9 Å². The van der Waals surface area contributed by atoms with E-state index in [9.17, 15) is 4.79 Å². The maximum absolute atomic E-state index is 11.1. The van der Waals surface area contributed by atoms with Crippen LogP contribution in [0.4, 0.5) is 5.95 Å². The highest BCUT2D eigenvalue weighted by molar-refractivity contribution is 5.72. The number of H-pyrrole nitrogens is 1. The lowest BCUT2D eigenvalue weighted by Crippen LogP contribution is -2.11. The van der Waals surface area contributed by atoms with Crippen molar-refractivity contribution in [3.05, 3.63) is 22.9 Å². The van der Waals surface area contributed by atoms with E-state index in [2.05, 4.69) is 19.9 Å². The van der Waals surface area contributed by atoms with E-state index < -0.39 is 0 Å². The zero-order chi connectivity index (χ0) is 8.55. The minimum absolute atomic E-state index is 0.0613. The molecule has 60 valence electrons. The van der Waals surface area contributed by atoms with Gasteiger partial charge in [-0.3, -0.25) is 9.78 Å². The highest BCUT2D eigenvalue weighted by atomic mass is 16.1. The van der Waals surface area contributed by atoms with E-state index >= 15 is 0 Å². The molecule has 0 amide bonds. The third-order valence-corrected chi connectivity index (χ3v) is 1.40. The number of nitrogens with one attached hydrogen (secondary N) is 1. The summed E-state index contributed by atoms with van der Waals surface area (Å²) in [4.78, 5) is 24.8. The van der Waals surface area contributed by atoms with Gasteiger partial charge in [-0.05, 0) is 0 Å². The Balaban J connectivity index is 2.99. The third kappa shape index (κ3) is 0.895. The van der Waals surface area contributed by atoms with Crippen LogP contribution in [0.3, 0.4) is 0 Å². The Hall–Kier alpha value is -1.98. The SMILES string of the molecule is Nc1nc2ncncc2c(=O)[nH]1. The fourth-order valence-corrected chi connectivity index (χ4v) is 0.898. The monoisotopic (exact) mass is 163 g/mol. The second-order valence-corrected chi connectivity index (χ2v) is 2.21. The second-order valence-electron chi connectivity index (χ2n) is 2.21. The molecule has 0 saturated carbocycles. The first-order valence-corrected chi connectivity index (χ1v) is 3.23. The molecule has 3 N–H and O–H groups in total. The molecule has 2 heterocycles. The third-order valence-electron chi connectivity index (χ3n) is 1.40. The van der Waals surface area contributed by atoms with Crippen molar-refractivity contribution in [1.29, 1.82) is 0 Å². The topological polar surface area (TPSA) is 97.5 Å². The van der Waals surface area contributed by atoms with Crippen LogP contribution < -0.4 is 11.3 Å². The molecule has 0 aliphatic heterocycles. The summed E-state index contributed by atoms with van der Waals surface area (Å²) < 4.78 is 0. The van der Waals surface area contributed by atoms with Crippen molar-refractivity contribution in [3.8, 4) is 0 Å². The number of fused-ring (bicyclic) bond motifs is 1. The number of rotatable bonds is 0. The quantitative estimate of drug-likeness (QED) is 0.535. The average Bonchev–Trinajstić information content (AvgIpc) is 2.04. The van der Waals surface area contributed by atoms with E-state index in [0.29, 0.717) is 11.0 Å². The van der Waals surface area contributed by atoms with Crippen LogP contribution in [0.15, 0.2) is 17.3 Å². The Labute approximate surface area is 66.5 Å². The molecule has 6 nitrogen and oxygen atoms in total. The molecule has 0 aliphatic rings. The highest BCUT2D eigenvalue weighted by Crippen LogP contribution is 1.99. The maximum atomic E-state index is 11.1. The van der Waals surface area contributed by atoms with Gasteiger partial charge in [0.1, 0.15) is 11.7 Å². The Bertz CT molecular complexity index is 477. The first-order chi connectivity index (χ1) is 5.77.